The smallest absolute Gasteiger partial charge is 0.150 e. The topological polar surface area (TPSA) is 72.2 Å². The fraction of sp³-hybridized carbons (Fsp3) is 0.750. The summed E-state index contributed by atoms with van der Waals surface area (Å²) < 4.78 is 25.7. The molecule has 5 nitrogen and oxygen atoms in total. The van der Waals surface area contributed by atoms with Crippen LogP contribution in [-0.4, -0.2) is 40.9 Å². The van der Waals surface area contributed by atoms with E-state index in [-0.39, 0.29) is 17.4 Å². The van der Waals surface area contributed by atoms with Crippen molar-refractivity contribution in [3.63, 3.8) is 0 Å². The van der Waals surface area contributed by atoms with Crippen LogP contribution in [-0.2, 0) is 22.8 Å². The fourth-order valence-electron chi connectivity index (χ4n) is 2.56. The molecule has 0 aliphatic carbocycles. The van der Waals surface area contributed by atoms with Crippen LogP contribution in [0.4, 0.5) is 0 Å². The summed E-state index contributed by atoms with van der Waals surface area (Å²) in [5.74, 6) is 0.143. The molecule has 2 heterocycles. The van der Waals surface area contributed by atoms with Crippen LogP contribution in [0.3, 0.4) is 0 Å². The lowest BCUT2D eigenvalue weighted by Gasteiger charge is -2.17. The average Bonchev–Trinajstić information content (AvgIpc) is 2.83. The van der Waals surface area contributed by atoms with Crippen molar-refractivity contribution in [2.45, 2.75) is 39.3 Å². The number of aromatic nitrogens is 2. The van der Waals surface area contributed by atoms with E-state index in [1.54, 1.807) is 0 Å². The number of aliphatic hydroxyl groups is 1. The molecule has 1 aromatic rings. The Morgan fingerprint density at radius 3 is 2.79 bits per heavy atom. The van der Waals surface area contributed by atoms with Gasteiger partial charge in [-0.2, -0.15) is 5.10 Å². The molecule has 1 aromatic heterocycles. The number of sulfone groups is 1. The van der Waals surface area contributed by atoms with Gasteiger partial charge in [0.1, 0.15) is 0 Å². The highest BCUT2D eigenvalue weighted by Gasteiger charge is 2.33. The zero-order valence-corrected chi connectivity index (χ0v) is 13.5. The van der Waals surface area contributed by atoms with Gasteiger partial charge in [0.2, 0.25) is 0 Å². The van der Waals surface area contributed by atoms with Gasteiger partial charge in [0.15, 0.2) is 9.84 Å². The van der Waals surface area contributed by atoms with Crippen LogP contribution in [0.15, 0.2) is 4.47 Å². The highest BCUT2D eigenvalue weighted by Crippen LogP contribution is 2.27. The van der Waals surface area contributed by atoms with Crippen molar-refractivity contribution < 1.29 is 13.5 Å². The lowest BCUT2D eigenvalue weighted by molar-refractivity contribution is 0.117. The Bertz CT molecular complexity index is 568. The van der Waals surface area contributed by atoms with Crippen molar-refractivity contribution in [3.05, 3.63) is 15.9 Å². The van der Waals surface area contributed by atoms with Crippen LogP contribution in [0.5, 0.6) is 0 Å². The largest absolute Gasteiger partial charge is 0.392 e. The number of rotatable bonds is 4. The summed E-state index contributed by atoms with van der Waals surface area (Å²) in [5, 5.41) is 14.6. The number of nitrogens with zero attached hydrogens (tertiary/aromatic N) is 2. The molecule has 1 aliphatic heterocycles. The van der Waals surface area contributed by atoms with Crippen LogP contribution < -0.4 is 0 Å². The third kappa shape index (κ3) is 3.20. The lowest BCUT2D eigenvalue weighted by Crippen LogP contribution is -2.25. The maximum atomic E-state index is 11.5. The molecule has 0 aromatic carbocycles. The fourth-order valence-corrected chi connectivity index (χ4v) is 4.87. The first-order chi connectivity index (χ1) is 8.84. The maximum Gasteiger partial charge on any atom is 0.150 e. The molecule has 1 aliphatic rings. The molecular weight excluding hydrogens is 332 g/mol. The Morgan fingerprint density at radius 1 is 1.58 bits per heavy atom. The van der Waals surface area contributed by atoms with Crippen LogP contribution in [0.1, 0.15) is 24.7 Å². The second-order valence-corrected chi connectivity index (χ2v) is 8.12. The quantitative estimate of drug-likeness (QED) is 0.888. The Kier molecular flexibility index (Phi) is 4.37. The summed E-state index contributed by atoms with van der Waals surface area (Å²) in [6.45, 7) is 4.64. The molecule has 0 amide bonds. The summed E-state index contributed by atoms with van der Waals surface area (Å²) in [6, 6.07) is 0. The zero-order valence-electron chi connectivity index (χ0n) is 11.1. The number of aliphatic hydroxyl groups excluding tert-OH is 1. The van der Waals surface area contributed by atoms with Gasteiger partial charge in [0.25, 0.3) is 0 Å². The number of halogens is 1. The van der Waals surface area contributed by atoms with E-state index in [0.29, 0.717) is 12.8 Å². The lowest BCUT2D eigenvalue weighted by atomic mass is 9.98. The molecule has 1 N–H and O–H groups in total. The predicted octanol–water partition coefficient (Wildman–Crippen LogP) is 1.31. The van der Waals surface area contributed by atoms with Crippen LogP contribution in [0, 0.1) is 12.8 Å². The molecule has 2 rings (SSSR count). The molecule has 0 bridgehead atoms. The van der Waals surface area contributed by atoms with E-state index in [1.165, 1.54) is 0 Å². The van der Waals surface area contributed by atoms with E-state index in [4.69, 9.17) is 0 Å². The van der Waals surface area contributed by atoms with Crippen molar-refractivity contribution in [3.8, 4) is 0 Å². The molecule has 1 saturated heterocycles. The number of aryl methyl sites for hydroxylation is 2. The van der Waals surface area contributed by atoms with Gasteiger partial charge in [-0.3, -0.25) is 4.68 Å². The molecule has 0 spiro atoms. The molecule has 2 atom stereocenters. The standard InChI is InChI=1S/C12H19BrN2O3S/c1-3-15-10(12(13)8(2)14-15)6-11(16)9-4-5-19(17,18)7-9/h9,11,16H,3-7H2,1-2H3. The SMILES string of the molecule is CCn1nc(C)c(Br)c1CC(O)C1CCS(=O)(=O)C1. The second-order valence-electron chi connectivity index (χ2n) is 5.10. The van der Waals surface area contributed by atoms with Gasteiger partial charge in [-0.05, 0) is 36.2 Å². The maximum absolute atomic E-state index is 11.5. The first-order valence-electron chi connectivity index (χ1n) is 6.44. The molecular formula is C12H19BrN2O3S. The summed E-state index contributed by atoms with van der Waals surface area (Å²) in [7, 11) is -2.95. The molecule has 7 heteroatoms. The number of hydrogen-bond acceptors (Lipinski definition) is 4. The third-order valence-electron chi connectivity index (χ3n) is 3.67. The van der Waals surface area contributed by atoms with Gasteiger partial charge in [0, 0.05) is 18.9 Å². The Morgan fingerprint density at radius 2 is 2.26 bits per heavy atom. The van der Waals surface area contributed by atoms with E-state index >= 15 is 0 Å². The molecule has 19 heavy (non-hydrogen) atoms. The minimum atomic E-state index is -2.95. The van der Waals surface area contributed by atoms with Gasteiger partial charge in [-0.25, -0.2) is 8.42 Å². The van der Waals surface area contributed by atoms with E-state index < -0.39 is 15.9 Å². The minimum Gasteiger partial charge on any atom is -0.392 e. The minimum absolute atomic E-state index is 0.102. The van der Waals surface area contributed by atoms with Crippen LogP contribution in [0.25, 0.3) is 0 Å². The predicted molar refractivity (Wildman–Crippen MR) is 76.8 cm³/mol. The van der Waals surface area contributed by atoms with Gasteiger partial charge in [0.05, 0.1) is 33.5 Å². The van der Waals surface area contributed by atoms with Crippen LogP contribution >= 0.6 is 15.9 Å². The number of hydrogen-bond donors (Lipinski definition) is 1. The van der Waals surface area contributed by atoms with Gasteiger partial charge < -0.3 is 5.11 Å². The first kappa shape index (κ1) is 15.0. The zero-order chi connectivity index (χ0) is 14.2. The summed E-state index contributed by atoms with van der Waals surface area (Å²) in [4.78, 5) is 0. The molecule has 0 radical (unpaired) electrons. The summed E-state index contributed by atoms with van der Waals surface area (Å²) in [6.07, 6.45) is 0.366. The Balaban J connectivity index is 2.13. The van der Waals surface area contributed by atoms with E-state index in [9.17, 15) is 13.5 Å². The van der Waals surface area contributed by atoms with Gasteiger partial charge >= 0.3 is 0 Å². The normalized spacial score (nSPS) is 23.7. The highest BCUT2D eigenvalue weighted by atomic mass is 79.9. The van der Waals surface area contributed by atoms with Gasteiger partial charge in [-0.1, -0.05) is 0 Å². The Labute approximate surface area is 122 Å². The molecule has 108 valence electrons. The van der Waals surface area contributed by atoms with Crippen molar-refractivity contribution in [2.75, 3.05) is 11.5 Å². The van der Waals surface area contributed by atoms with E-state index in [1.807, 2.05) is 18.5 Å². The van der Waals surface area contributed by atoms with Crippen molar-refractivity contribution in [1.82, 2.24) is 9.78 Å². The van der Waals surface area contributed by atoms with Crippen molar-refractivity contribution in [1.29, 1.82) is 0 Å². The average molecular weight is 351 g/mol. The summed E-state index contributed by atoms with van der Waals surface area (Å²) in [5.41, 5.74) is 1.83. The Hall–Kier alpha value is -0.400. The first-order valence-corrected chi connectivity index (χ1v) is 9.05. The molecule has 1 fully saturated rings. The van der Waals surface area contributed by atoms with E-state index in [2.05, 4.69) is 21.0 Å². The van der Waals surface area contributed by atoms with Crippen molar-refractivity contribution >= 4 is 25.8 Å². The van der Waals surface area contributed by atoms with E-state index in [0.717, 1.165) is 22.4 Å². The van der Waals surface area contributed by atoms with Gasteiger partial charge in [-0.15, -0.1) is 0 Å². The molecule has 2 unspecified atom stereocenters. The monoisotopic (exact) mass is 350 g/mol. The third-order valence-corrected chi connectivity index (χ3v) is 6.49. The second kappa shape index (κ2) is 5.54. The molecule has 0 saturated carbocycles. The summed E-state index contributed by atoms with van der Waals surface area (Å²) >= 11 is 3.49. The van der Waals surface area contributed by atoms with Crippen LogP contribution in [0.2, 0.25) is 0 Å². The van der Waals surface area contributed by atoms with Crippen molar-refractivity contribution in [2.24, 2.45) is 5.92 Å². The highest BCUT2D eigenvalue weighted by molar-refractivity contribution is 9.10.